The third-order valence-corrected chi connectivity index (χ3v) is 2.71. The highest BCUT2D eigenvalue weighted by Gasteiger charge is 2.27. The standard InChI is InChI=1S/C9H19FN2/c1-2-12-6-4-8(7-12)9(10)3-5-11/h8-9H,2-7,11H2,1H3. The number of likely N-dealkylation sites (tertiary alicyclic amines) is 1. The molecule has 2 unspecified atom stereocenters. The molecule has 1 rings (SSSR count). The van der Waals surface area contributed by atoms with Crippen LogP contribution in [-0.2, 0) is 0 Å². The first-order valence-corrected chi connectivity index (χ1v) is 4.84. The van der Waals surface area contributed by atoms with Gasteiger partial charge in [-0.15, -0.1) is 0 Å². The lowest BCUT2D eigenvalue weighted by Crippen LogP contribution is -2.25. The summed E-state index contributed by atoms with van der Waals surface area (Å²) in [4.78, 5) is 2.30. The molecular formula is C9H19FN2. The van der Waals surface area contributed by atoms with Gasteiger partial charge in [0.05, 0.1) is 0 Å². The van der Waals surface area contributed by atoms with Gasteiger partial charge in [0.2, 0.25) is 0 Å². The molecule has 0 aromatic rings. The first-order valence-electron chi connectivity index (χ1n) is 4.84. The van der Waals surface area contributed by atoms with Gasteiger partial charge in [0.25, 0.3) is 0 Å². The Morgan fingerprint density at radius 2 is 2.42 bits per heavy atom. The van der Waals surface area contributed by atoms with Crippen LogP contribution in [0.5, 0.6) is 0 Å². The minimum absolute atomic E-state index is 0.244. The molecule has 12 heavy (non-hydrogen) atoms. The number of hydrogen-bond donors (Lipinski definition) is 1. The number of hydrogen-bond acceptors (Lipinski definition) is 2. The molecule has 0 aromatic carbocycles. The predicted octanol–water partition coefficient (Wildman–Crippen LogP) is 1.02. The fourth-order valence-electron chi connectivity index (χ4n) is 1.84. The molecule has 1 fully saturated rings. The highest BCUT2D eigenvalue weighted by atomic mass is 19.1. The lowest BCUT2D eigenvalue weighted by atomic mass is 10.0. The summed E-state index contributed by atoms with van der Waals surface area (Å²) in [6.45, 7) is 5.64. The maximum atomic E-state index is 13.3. The molecular weight excluding hydrogens is 155 g/mol. The molecule has 1 aliphatic heterocycles. The van der Waals surface area contributed by atoms with Crippen LogP contribution >= 0.6 is 0 Å². The minimum atomic E-state index is -0.674. The second kappa shape index (κ2) is 4.77. The van der Waals surface area contributed by atoms with Crippen molar-refractivity contribution in [3.8, 4) is 0 Å². The van der Waals surface area contributed by atoms with E-state index in [4.69, 9.17) is 5.73 Å². The second-order valence-corrected chi connectivity index (χ2v) is 3.54. The van der Waals surface area contributed by atoms with Gasteiger partial charge < -0.3 is 10.6 Å². The van der Waals surface area contributed by atoms with E-state index in [0.717, 1.165) is 26.1 Å². The molecule has 0 radical (unpaired) electrons. The molecule has 0 amide bonds. The number of rotatable bonds is 4. The van der Waals surface area contributed by atoms with Crippen molar-refractivity contribution in [3.63, 3.8) is 0 Å². The second-order valence-electron chi connectivity index (χ2n) is 3.54. The van der Waals surface area contributed by atoms with Crippen molar-refractivity contribution in [1.82, 2.24) is 4.90 Å². The highest BCUT2D eigenvalue weighted by Crippen LogP contribution is 2.22. The van der Waals surface area contributed by atoms with Crippen molar-refractivity contribution < 1.29 is 4.39 Å². The van der Waals surface area contributed by atoms with Gasteiger partial charge in [-0.2, -0.15) is 0 Å². The Balaban J connectivity index is 2.25. The average molecular weight is 174 g/mol. The summed E-state index contributed by atoms with van der Waals surface area (Å²) >= 11 is 0. The fourth-order valence-corrected chi connectivity index (χ4v) is 1.84. The molecule has 0 aliphatic carbocycles. The van der Waals surface area contributed by atoms with Crippen molar-refractivity contribution in [2.24, 2.45) is 11.7 Å². The van der Waals surface area contributed by atoms with E-state index >= 15 is 0 Å². The summed E-state index contributed by atoms with van der Waals surface area (Å²) in [5.74, 6) is 0.244. The third kappa shape index (κ3) is 2.42. The summed E-state index contributed by atoms with van der Waals surface area (Å²) in [5.41, 5.74) is 5.31. The predicted molar refractivity (Wildman–Crippen MR) is 48.8 cm³/mol. The van der Waals surface area contributed by atoms with Crippen molar-refractivity contribution in [3.05, 3.63) is 0 Å². The zero-order valence-corrected chi connectivity index (χ0v) is 7.80. The quantitative estimate of drug-likeness (QED) is 0.689. The summed E-state index contributed by atoms with van der Waals surface area (Å²) in [7, 11) is 0. The molecule has 2 atom stereocenters. The van der Waals surface area contributed by atoms with Gasteiger partial charge in [-0.25, -0.2) is 4.39 Å². The highest BCUT2D eigenvalue weighted by molar-refractivity contribution is 4.80. The number of nitrogens with zero attached hydrogens (tertiary/aromatic N) is 1. The largest absolute Gasteiger partial charge is 0.330 e. The van der Waals surface area contributed by atoms with E-state index in [0.29, 0.717) is 13.0 Å². The van der Waals surface area contributed by atoms with Crippen LogP contribution in [0, 0.1) is 5.92 Å². The molecule has 0 bridgehead atoms. The molecule has 1 aliphatic rings. The van der Waals surface area contributed by atoms with E-state index < -0.39 is 6.17 Å². The van der Waals surface area contributed by atoms with Gasteiger partial charge in [-0.1, -0.05) is 6.92 Å². The van der Waals surface area contributed by atoms with Gasteiger partial charge in [0.1, 0.15) is 6.17 Å². The SMILES string of the molecule is CCN1CCC(C(F)CCN)C1. The van der Waals surface area contributed by atoms with E-state index in [1.165, 1.54) is 0 Å². The summed E-state index contributed by atoms with van der Waals surface area (Å²) in [5, 5.41) is 0. The van der Waals surface area contributed by atoms with Crippen LogP contribution < -0.4 is 5.73 Å². The Morgan fingerprint density at radius 3 is 2.92 bits per heavy atom. The number of alkyl halides is 1. The maximum absolute atomic E-state index is 13.3. The van der Waals surface area contributed by atoms with Crippen LogP contribution in [0.4, 0.5) is 4.39 Å². The van der Waals surface area contributed by atoms with E-state index in [9.17, 15) is 4.39 Å². The number of halogens is 1. The van der Waals surface area contributed by atoms with E-state index in [1.807, 2.05) is 0 Å². The Labute approximate surface area is 73.9 Å². The lowest BCUT2D eigenvalue weighted by Gasteiger charge is -2.15. The molecule has 0 spiro atoms. The zero-order valence-electron chi connectivity index (χ0n) is 7.80. The minimum Gasteiger partial charge on any atom is -0.330 e. The molecule has 1 saturated heterocycles. The summed E-state index contributed by atoms with van der Waals surface area (Å²) < 4.78 is 13.3. The monoisotopic (exact) mass is 174 g/mol. The molecule has 2 nitrogen and oxygen atoms in total. The van der Waals surface area contributed by atoms with E-state index in [1.54, 1.807) is 0 Å². The fraction of sp³-hybridized carbons (Fsp3) is 1.00. The van der Waals surface area contributed by atoms with Crippen LogP contribution in [0.25, 0.3) is 0 Å². The molecule has 3 heteroatoms. The van der Waals surface area contributed by atoms with Gasteiger partial charge >= 0.3 is 0 Å². The van der Waals surface area contributed by atoms with Crippen LogP contribution in [0.2, 0.25) is 0 Å². The third-order valence-electron chi connectivity index (χ3n) is 2.71. The smallest absolute Gasteiger partial charge is 0.105 e. The van der Waals surface area contributed by atoms with Crippen molar-refractivity contribution in [2.75, 3.05) is 26.2 Å². The van der Waals surface area contributed by atoms with Gasteiger partial charge in [-0.05, 0) is 32.5 Å². The van der Waals surface area contributed by atoms with Crippen molar-refractivity contribution in [1.29, 1.82) is 0 Å². The van der Waals surface area contributed by atoms with Crippen LogP contribution in [0.3, 0.4) is 0 Å². The maximum Gasteiger partial charge on any atom is 0.105 e. The lowest BCUT2D eigenvalue weighted by molar-refractivity contribution is 0.213. The normalized spacial score (nSPS) is 27.8. The summed E-state index contributed by atoms with van der Waals surface area (Å²) in [6.07, 6.45) is 0.864. The molecule has 0 saturated carbocycles. The van der Waals surface area contributed by atoms with Crippen LogP contribution in [0.15, 0.2) is 0 Å². The van der Waals surface area contributed by atoms with E-state index in [-0.39, 0.29) is 5.92 Å². The van der Waals surface area contributed by atoms with Crippen LogP contribution in [-0.4, -0.2) is 37.3 Å². The average Bonchev–Trinajstić information content (AvgIpc) is 2.52. The number of nitrogens with two attached hydrogens (primary N) is 1. The van der Waals surface area contributed by atoms with Crippen LogP contribution in [0.1, 0.15) is 19.8 Å². The molecule has 0 aromatic heterocycles. The summed E-state index contributed by atoms with van der Waals surface area (Å²) in [6, 6.07) is 0. The first kappa shape index (κ1) is 9.93. The van der Waals surface area contributed by atoms with Gasteiger partial charge in [0.15, 0.2) is 0 Å². The molecule has 72 valence electrons. The zero-order chi connectivity index (χ0) is 8.97. The Hall–Kier alpha value is -0.150. The topological polar surface area (TPSA) is 29.3 Å². The van der Waals surface area contributed by atoms with E-state index in [2.05, 4.69) is 11.8 Å². The van der Waals surface area contributed by atoms with Crippen molar-refractivity contribution in [2.45, 2.75) is 25.9 Å². The Kier molecular flexibility index (Phi) is 3.95. The van der Waals surface area contributed by atoms with Gasteiger partial charge in [-0.3, -0.25) is 0 Å². The van der Waals surface area contributed by atoms with Gasteiger partial charge in [0, 0.05) is 12.5 Å². The van der Waals surface area contributed by atoms with Crippen molar-refractivity contribution >= 4 is 0 Å². The Morgan fingerprint density at radius 1 is 1.67 bits per heavy atom. The Bertz CT molecular complexity index is 130. The first-order chi connectivity index (χ1) is 5.77. The molecule has 1 heterocycles. The molecule has 2 N–H and O–H groups in total.